The zero-order valence-corrected chi connectivity index (χ0v) is 9.03. The summed E-state index contributed by atoms with van der Waals surface area (Å²) in [5, 5.41) is 0. The minimum absolute atomic E-state index is 0.111. The van der Waals surface area contributed by atoms with Crippen molar-refractivity contribution < 1.29 is 9.47 Å². The van der Waals surface area contributed by atoms with Crippen LogP contribution >= 0.6 is 0 Å². The maximum atomic E-state index is 6.08. The number of ether oxygens (including phenoxy) is 2. The van der Waals surface area contributed by atoms with E-state index in [1.165, 1.54) is 6.42 Å². The molecule has 0 unspecified atom stereocenters. The van der Waals surface area contributed by atoms with Crippen molar-refractivity contribution in [3.8, 4) is 11.5 Å². The zero-order chi connectivity index (χ0) is 10.7. The average Bonchev–Trinajstić information content (AvgIpc) is 2.72. The highest BCUT2D eigenvalue weighted by atomic mass is 16.7. The van der Waals surface area contributed by atoms with Gasteiger partial charge in [0, 0.05) is 6.04 Å². The third-order valence-electron chi connectivity index (χ3n) is 2.69. The van der Waals surface area contributed by atoms with E-state index in [4.69, 9.17) is 15.2 Å². The third kappa shape index (κ3) is 2.23. The minimum atomic E-state index is 0.111. The van der Waals surface area contributed by atoms with Gasteiger partial charge in [0.25, 0.3) is 0 Å². The molecule has 0 radical (unpaired) electrons. The first-order chi connectivity index (χ1) is 7.31. The summed E-state index contributed by atoms with van der Waals surface area (Å²) in [7, 11) is 0. The van der Waals surface area contributed by atoms with Gasteiger partial charge in [-0.25, -0.2) is 0 Å². The second-order valence-corrected chi connectivity index (χ2v) is 3.86. The molecule has 1 atom stereocenters. The summed E-state index contributed by atoms with van der Waals surface area (Å²) in [6.07, 6.45) is 3.37. The van der Waals surface area contributed by atoms with Crippen LogP contribution in [0.15, 0.2) is 18.2 Å². The molecule has 1 aromatic rings. The Labute approximate surface area is 90.2 Å². The van der Waals surface area contributed by atoms with Crippen molar-refractivity contribution >= 4 is 0 Å². The summed E-state index contributed by atoms with van der Waals surface area (Å²) >= 11 is 0. The van der Waals surface area contributed by atoms with Crippen LogP contribution in [0.4, 0.5) is 0 Å². The molecule has 3 heteroatoms. The molecule has 15 heavy (non-hydrogen) atoms. The first-order valence-corrected chi connectivity index (χ1v) is 5.46. The number of fused-ring (bicyclic) bond motifs is 1. The van der Waals surface area contributed by atoms with Crippen molar-refractivity contribution in [3.05, 3.63) is 23.8 Å². The summed E-state index contributed by atoms with van der Waals surface area (Å²) in [4.78, 5) is 0. The van der Waals surface area contributed by atoms with Gasteiger partial charge in [-0.1, -0.05) is 25.8 Å². The van der Waals surface area contributed by atoms with Crippen LogP contribution in [-0.4, -0.2) is 6.79 Å². The Morgan fingerprint density at radius 3 is 2.93 bits per heavy atom. The van der Waals surface area contributed by atoms with Gasteiger partial charge in [0.1, 0.15) is 0 Å². The lowest BCUT2D eigenvalue weighted by molar-refractivity contribution is 0.174. The molecule has 0 amide bonds. The topological polar surface area (TPSA) is 44.5 Å². The van der Waals surface area contributed by atoms with E-state index in [0.717, 1.165) is 29.9 Å². The number of unbranched alkanes of at least 4 members (excludes halogenated alkanes) is 1. The molecule has 1 aliphatic rings. The normalized spacial score (nSPS) is 15.3. The fourth-order valence-corrected chi connectivity index (χ4v) is 1.73. The SMILES string of the molecule is CCCC[C@H](N)c1ccc2c(c1)OCO2. The largest absolute Gasteiger partial charge is 0.454 e. The standard InChI is InChI=1S/C12H17NO2/c1-2-3-4-10(13)9-5-6-11-12(7-9)15-8-14-11/h5-7,10H,2-4,8,13H2,1H3/t10-/m0/s1. The van der Waals surface area contributed by atoms with Crippen molar-refractivity contribution in [1.29, 1.82) is 0 Å². The van der Waals surface area contributed by atoms with Gasteiger partial charge in [-0.05, 0) is 24.1 Å². The van der Waals surface area contributed by atoms with Crippen molar-refractivity contribution in [2.75, 3.05) is 6.79 Å². The fraction of sp³-hybridized carbons (Fsp3) is 0.500. The summed E-state index contributed by atoms with van der Waals surface area (Å²) in [6, 6.07) is 6.06. The van der Waals surface area contributed by atoms with E-state index in [1.54, 1.807) is 0 Å². The first-order valence-electron chi connectivity index (χ1n) is 5.46. The molecule has 82 valence electrons. The molecule has 2 N–H and O–H groups in total. The molecule has 1 heterocycles. The van der Waals surface area contributed by atoms with Crippen LogP contribution in [0.1, 0.15) is 37.8 Å². The average molecular weight is 207 g/mol. The molecule has 0 bridgehead atoms. The highest BCUT2D eigenvalue weighted by Gasteiger charge is 2.15. The van der Waals surface area contributed by atoms with Gasteiger partial charge >= 0.3 is 0 Å². The lowest BCUT2D eigenvalue weighted by Crippen LogP contribution is -2.09. The van der Waals surface area contributed by atoms with Crippen LogP contribution in [0.2, 0.25) is 0 Å². The second kappa shape index (κ2) is 4.53. The highest BCUT2D eigenvalue weighted by Crippen LogP contribution is 2.34. The lowest BCUT2D eigenvalue weighted by atomic mass is 10.0. The Morgan fingerprint density at radius 1 is 1.33 bits per heavy atom. The van der Waals surface area contributed by atoms with Gasteiger partial charge in [-0.2, -0.15) is 0 Å². The predicted molar refractivity (Wildman–Crippen MR) is 59.0 cm³/mol. The summed E-state index contributed by atoms with van der Waals surface area (Å²) in [5.74, 6) is 1.64. The van der Waals surface area contributed by atoms with E-state index in [-0.39, 0.29) is 6.04 Å². The van der Waals surface area contributed by atoms with Gasteiger partial charge in [-0.3, -0.25) is 0 Å². The Hall–Kier alpha value is -1.22. The van der Waals surface area contributed by atoms with Crippen LogP contribution in [-0.2, 0) is 0 Å². The highest BCUT2D eigenvalue weighted by molar-refractivity contribution is 5.45. The Kier molecular flexibility index (Phi) is 3.11. The monoisotopic (exact) mass is 207 g/mol. The molecule has 0 fully saturated rings. The Balaban J connectivity index is 2.08. The summed E-state index contributed by atoms with van der Waals surface area (Å²) in [5.41, 5.74) is 7.21. The van der Waals surface area contributed by atoms with Crippen LogP contribution in [0.3, 0.4) is 0 Å². The summed E-state index contributed by atoms with van der Waals surface area (Å²) < 4.78 is 10.6. The fourth-order valence-electron chi connectivity index (χ4n) is 1.73. The molecule has 1 aromatic carbocycles. The molecule has 2 rings (SSSR count). The van der Waals surface area contributed by atoms with Crippen molar-refractivity contribution in [2.45, 2.75) is 32.2 Å². The van der Waals surface area contributed by atoms with Crippen molar-refractivity contribution in [2.24, 2.45) is 5.73 Å². The second-order valence-electron chi connectivity index (χ2n) is 3.86. The first kappa shape index (κ1) is 10.3. The van der Waals surface area contributed by atoms with E-state index in [9.17, 15) is 0 Å². The number of benzene rings is 1. The Morgan fingerprint density at radius 2 is 2.13 bits per heavy atom. The van der Waals surface area contributed by atoms with Crippen molar-refractivity contribution in [3.63, 3.8) is 0 Å². The number of nitrogens with two attached hydrogens (primary N) is 1. The zero-order valence-electron chi connectivity index (χ0n) is 9.03. The van der Waals surface area contributed by atoms with Gasteiger partial charge in [0.2, 0.25) is 6.79 Å². The predicted octanol–water partition coefficient (Wildman–Crippen LogP) is 2.61. The van der Waals surface area contributed by atoms with E-state index in [2.05, 4.69) is 6.92 Å². The summed E-state index contributed by atoms with van der Waals surface area (Å²) in [6.45, 7) is 2.50. The molecule has 0 saturated heterocycles. The molecule has 0 spiro atoms. The molecular weight excluding hydrogens is 190 g/mol. The Bertz CT molecular complexity index is 338. The van der Waals surface area contributed by atoms with Crippen LogP contribution in [0.5, 0.6) is 11.5 Å². The maximum Gasteiger partial charge on any atom is 0.231 e. The van der Waals surface area contributed by atoms with Gasteiger partial charge < -0.3 is 15.2 Å². The molecule has 1 aliphatic heterocycles. The molecule has 3 nitrogen and oxygen atoms in total. The smallest absolute Gasteiger partial charge is 0.231 e. The number of hydrogen-bond acceptors (Lipinski definition) is 3. The van der Waals surface area contributed by atoms with E-state index in [1.807, 2.05) is 18.2 Å². The van der Waals surface area contributed by atoms with E-state index >= 15 is 0 Å². The van der Waals surface area contributed by atoms with Gasteiger partial charge in [-0.15, -0.1) is 0 Å². The maximum absolute atomic E-state index is 6.08. The van der Waals surface area contributed by atoms with Crippen LogP contribution < -0.4 is 15.2 Å². The minimum Gasteiger partial charge on any atom is -0.454 e. The lowest BCUT2D eigenvalue weighted by Gasteiger charge is -2.11. The number of rotatable bonds is 4. The molecule has 0 saturated carbocycles. The van der Waals surface area contributed by atoms with Gasteiger partial charge in [0.05, 0.1) is 0 Å². The van der Waals surface area contributed by atoms with Gasteiger partial charge in [0.15, 0.2) is 11.5 Å². The third-order valence-corrected chi connectivity index (χ3v) is 2.69. The quantitative estimate of drug-likeness (QED) is 0.825. The molecule has 0 aliphatic carbocycles. The number of hydrogen-bond donors (Lipinski definition) is 1. The van der Waals surface area contributed by atoms with Crippen LogP contribution in [0.25, 0.3) is 0 Å². The van der Waals surface area contributed by atoms with Crippen molar-refractivity contribution in [1.82, 2.24) is 0 Å². The molecular formula is C12H17NO2. The van der Waals surface area contributed by atoms with E-state index < -0.39 is 0 Å². The van der Waals surface area contributed by atoms with Crippen LogP contribution in [0, 0.1) is 0 Å². The molecule has 0 aromatic heterocycles. The van der Waals surface area contributed by atoms with E-state index in [0.29, 0.717) is 6.79 Å².